The maximum Gasteiger partial charge on any atom is 0.120 e. The van der Waals surface area contributed by atoms with E-state index in [1.54, 1.807) is 0 Å². The van der Waals surface area contributed by atoms with Crippen molar-refractivity contribution in [1.82, 2.24) is 9.80 Å². The summed E-state index contributed by atoms with van der Waals surface area (Å²) in [6.45, 7) is 3.67. The number of piperazine rings is 1. The van der Waals surface area contributed by atoms with Gasteiger partial charge in [-0.05, 0) is 7.05 Å². The third kappa shape index (κ3) is 2.45. The molecule has 0 saturated carbocycles. The monoisotopic (exact) mass is 169 g/mol. The van der Waals surface area contributed by atoms with Crippen molar-refractivity contribution in [3.63, 3.8) is 0 Å². The second kappa shape index (κ2) is 4.41. The molecule has 0 spiro atoms. The van der Waals surface area contributed by atoms with Crippen LogP contribution >= 0.6 is 0 Å². The quantitative estimate of drug-likeness (QED) is 0.603. The molecule has 4 nitrogen and oxygen atoms in total. The fraction of sp³-hybridized carbons (Fsp3) is 0.875. The Morgan fingerprint density at radius 2 is 2.00 bits per heavy atom. The van der Waals surface area contributed by atoms with E-state index in [9.17, 15) is 5.11 Å². The van der Waals surface area contributed by atoms with Crippen molar-refractivity contribution >= 4 is 0 Å². The molecule has 68 valence electrons. The van der Waals surface area contributed by atoms with Crippen LogP contribution in [0.2, 0.25) is 0 Å². The lowest BCUT2D eigenvalue weighted by molar-refractivity contribution is -0.0175. The normalized spacial score (nSPS) is 23.4. The number of nitrogens with zero attached hydrogens (tertiary/aromatic N) is 3. The minimum atomic E-state index is -0.566. The molecule has 1 aliphatic rings. The van der Waals surface area contributed by atoms with Crippen LogP contribution in [0.4, 0.5) is 0 Å². The van der Waals surface area contributed by atoms with Crippen molar-refractivity contribution < 1.29 is 5.11 Å². The van der Waals surface area contributed by atoms with Crippen LogP contribution in [0.3, 0.4) is 0 Å². The highest BCUT2D eigenvalue weighted by atomic mass is 16.3. The first-order chi connectivity index (χ1) is 5.74. The molecule has 0 aromatic heterocycles. The molecule has 0 radical (unpaired) electrons. The van der Waals surface area contributed by atoms with E-state index in [0.29, 0.717) is 0 Å². The third-order valence-corrected chi connectivity index (χ3v) is 2.23. The van der Waals surface area contributed by atoms with Gasteiger partial charge >= 0.3 is 0 Å². The fourth-order valence-corrected chi connectivity index (χ4v) is 1.33. The zero-order valence-corrected chi connectivity index (χ0v) is 7.40. The van der Waals surface area contributed by atoms with Crippen molar-refractivity contribution in [2.75, 3.05) is 33.2 Å². The summed E-state index contributed by atoms with van der Waals surface area (Å²) in [6, 6.07) is 1.97. The highest BCUT2D eigenvalue weighted by Crippen LogP contribution is 2.04. The lowest BCUT2D eigenvalue weighted by Gasteiger charge is -2.34. The topological polar surface area (TPSA) is 50.5 Å². The van der Waals surface area contributed by atoms with Gasteiger partial charge < -0.3 is 10.0 Å². The Kier molecular flexibility index (Phi) is 3.48. The average Bonchev–Trinajstić information content (AvgIpc) is 2.06. The lowest BCUT2D eigenvalue weighted by atomic mass is 10.3. The molecular formula is C8H15N3O. The van der Waals surface area contributed by atoms with Crippen molar-refractivity contribution in [1.29, 1.82) is 5.26 Å². The maximum atomic E-state index is 9.45. The van der Waals surface area contributed by atoms with Crippen LogP contribution in [-0.2, 0) is 0 Å². The number of hydrogen-bond donors (Lipinski definition) is 1. The molecule has 0 aromatic carbocycles. The van der Waals surface area contributed by atoms with Gasteiger partial charge in [0.15, 0.2) is 0 Å². The predicted octanol–water partition coefficient (Wildman–Crippen LogP) is -0.534. The highest BCUT2D eigenvalue weighted by molar-refractivity contribution is 4.78. The molecule has 1 rings (SSSR count). The number of rotatable bonds is 2. The Bertz CT molecular complexity index is 170. The van der Waals surface area contributed by atoms with Crippen molar-refractivity contribution in [3.8, 4) is 6.07 Å². The van der Waals surface area contributed by atoms with Gasteiger partial charge in [0.2, 0.25) is 0 Å². The van der Waals surface area contributed by atoms with Crippen molar-refractivity contribution in [2.24, 2.45) is 0 Å². The second-order valence-corrected chi connectivity index (χ2v) is 3.18. The van der Waals surface area contributed by atoms with E-state index in [4.69, 9.17) is 5.26 Å². The van der Waals surface area contributed by atoms with Crippen LogP contribution < -0.4 is 0 Å². The molecule has 1 saturated heterocycles. The SMILES string of the molecule is CN1CCN(C(O)CC#N)CC1. The van der Waals surface area contributed by atoms with E-state index in [2.05, 4.69) is 11.9 Å². The maximum absolute atomic E-state index is 9.45. The molecule has 0 aromatic rings. The van der Waals surface area contributed by atoms with Gasteiger partial charge in [-0.25, -0.2) is 0 Å². The molecule has 1 heterocycles. The van der Waals surface area contributed by atoms with Gasteiger partial charge in [-0.15, -0.1) is 0 Å². The van der Waals surface area contributed by atoms with Gasteiger partial charge in [-0.1, -0.05) is 0 Å². The van der Waals surface area contributed by atoms with Crippen LogP contribution in [-0.4, -0.2) is 54.4 Å². The van der Waals surface area contributed by atoms with Gasteiger partial charge in [-0.2, -0.15) is 5.26 Å². The van der Waals surface area contributed by atoms with Crippen LogP contribution in [0, 0.1) is 11.3 Å². The summed E-state index contributed by atoms with van der Waals surface area (Å²) in [5.41, 5.74) is 0. The van der Waals surface area contributed by atoms with E-state index in [0.717, 1.165) is 26.2 Å². The summed E-state index contributed by atoms with van der Waals surface area (Å²) in [7, 11) is 2.06. The molecule has 0 bridgehead atoms. The van der Waals surface area contributed by atoms with Gasteiger partial charge in [0.25, 0.3) is 0 Å². The van der Waals surface area contributed by atoms with Gasteiger partial charge in [-0.3, -0.25) is 4.90 Å². The largest absolute Gasteiger partial charge is 0.377 e. The van der Waals surface area contributed by atoms with Crippen molar-refractivity contribution in [3.05, 3.63) is 0 Å². The average molecular weight is 169 g/mol. The van der Waals surface area contributed by atoms with Crippen LogP contribution in [0.5, 0.6) is 0 Å². The first-order valence-corrected chi connectivity index (χ1v) is 4.21. The number of aliphatic hydroxyl groups is 1. The van der Waals surface area contributed by atoms with Crippen LogP contribution in [0.1, 0.15) is 6.42 Å². The first kappa shape index (κ1) is 9.46. The highest BCUT2D eigenvalue weighted by Gasteiger charge is 2.19. The van der Waals surface area contributed by atoms with Gasteiger partial charge in [0.05, 0.1) is 12.5 Å². The Labute approximate surface area is 73.0 Å². The van der Waals surface area contributed by atoms with Crippen LogP contribution in [0.15, 0.2) is 0 Å². The summed E-state index contributed by atoms with van der Waals surface area (Å²) in [5.74, 6) is 0. The molecule has 1 unspecified atom stereocenters. The predicted molar refractivity (Wildman–Crippen MR) is 45.3 cm³/mol. The van der Waals surface area contributed by atoms with E-state index in [1.807, 2.05) is 11.0 Å². The molecule has 1 N–H and O–H groups in total. The minimum Gasteiger partial charge on any atom is -0.377 e. The van der Waals surface area contributed by atoms with Crippen LogP contribution in [0.25, 0.3) is 0 Å². The Morgan fingerprint density at radius 1 is 1.42 bits per heavy atom. The smallest absolute Gasteiger partial charge is 0.120 e. The van der Waals surface area contributed by atoms with E-state index in [1.165, 1.54) is 0 Å². The number of aliphatic hydroxyl groups excluding tert-OH is 1. The summed E-state index contributed by atoms with van der Waals surface area (Å²) >= 11 is 0. The molecule has 1 fully saturated rings. The number of nitriles is 1. The molecule has 1 aliphatic heterocycles. The van der Waals surface area contributed by atoms with Gasteiger partial charge in [0.1, 0.15) is 6.23 Å². The first-order valence-electron chi connectivity index (χ1n) is 4.21. The molecule has 0 amide bonds. The molecule has 4 heteroatoms. The minimum absolute atomic E-state index is 0.212. The van der Waals surface area contributed by atoms with Gasteiger partial charge in [0, 0.05) is 26.2 Å². The summed E-state index contributed by atoms with van der Waals surface area (Å²) < 4.78 is 0. The fourth-order valence-electron chi connectivity index (χ4n) is 1.33. The zero-order valence-electron chi connectivity index (χ0n) is 7.40. The summed E-state index contributed by atoms with van der Waals surface area (Å²) in [5, 5.41) is 17.8. The molecule has 0 aliphatic carbocycles. The number of likely N-dealkylation sites (N-methyl/N-ethyl adjacent to an activating group) is 1. The van der Waals surface area contributed by atoms with E-state index < -0.39 is 6.23 Å². The zero-order chi connectivity index (χ0) is 8.97. The number of hydrogen-bond acceptors (Lipinski definition) is 4. The lowest BCUT2D eigenvalue weighted by Crippen LogP contribution is -2.48. The standard InChI is InChI=1S/C8H15N3O/c1-10-4-6-11(7-5-10)8(12)2-3-9/h8,12H,2,4-7H2,1H3. The molecular weight excluding hydrogens is 154 g/mol. The Balaban J connectivity index is 2.30. The Hall–Kier alpha value is -0.630. The van der Waals surface area contributed by atoms with Crippen molar-refractivity contribution in [2.45, 2.75) is 12.6 Å². The summed E-state index contributed by atoms with van der Waals surface area (Å²) in [4.78, 5) is 4.17. The van der Waals surface area contributed by atoms with E-state index >= 15 is 0 Å². The Morgan fingerprint density at radius 3 is 2.50 bits per heavy atom. The molecule has 1 atom stereocenters. The van der Waals surface area contributed by atoms with E-state index in [-0.39, 0.29) is 6.42 Å². The summed E-state index contributed by atoms with van der Waals surface area (Å²) in [6.07, 6.45) is -0.354. The molecule has 12 heavy (non-hydrogen) atoms. The third-order valence-electron chi connectivity index (χ3n) is 2.23. The second-order valence-electron chi connectivity index (χ2n) is 3.18.